The first-order valence-electron chi connectivity index (χ1n) is 11.2. The summed E-state index contributed by atoms with van der Waals surface area (Å²) in [7, 11) is 0. The van der Waals surface area contributed by atoms with Crippen LogP contribution in [0.25, 0.3) is 0 Å². The van der Waals surface area contributed by atoms with Crippen LogP contribution in [-0.2, 0) is 24.3 Å². The fourth-order valence-electron chi connectivity index (χ4n) is 3.67. The number of nitrogens with zero attached hydrogens (tertiary/aromatic N) is 2. The number of ether oxygens (including phenoxy) is 2. The first-order chi connectivity index (χ1) is 16.9. The predicted molar refractivity (Wildman–Crippen MR) is 127 cm³/mol. The van der Waals surface area contributed by atoms with Crippen LogP contribution in [0.15, 0.2) is 53.5 Å². The van der Waals surface area contributed by atoms with E-state index in [1.165, 1.54) is 11.1 Å². The van der Waals surface area contributed by atoms with Gasteiger partial charge in [0.05, 0.1) is 19.6 Å². The molecule has 2 heterocycles. The highest BCUT2D eigenvalue weighted by atomic mass is 35.5. The van der Waals surface area contributed by atoms with Crippen LogP contribution < -0.4 is 15.0 Å². The number of hydrogen-bond acceptors (Lipinski definition) is 5. The van der Waals surface area contributed by atoms with Gasteiger partial charge in [-0.3, -0.25) is 9.59 Å². The van der Waals surface area contributed by atoms with Crippen LogP contribution in [-0.4, -0.2) is 46.6 Å². The number of benzene rings is 2. The minimum absolute atomic E-state index is 0.0579. The Morgan fingerprint density at radius 1 is 1.17 bits per heavy atom. The van der Waals surface area contributed by atoms with Crippen molar-refractivity contribution in [3.63, 3.8) is 0 Å². The second kappa shape index (κ2) is 11.3. The molecule has 0 unspecified atom stereocenters. The number of carbonyl (C=O) groups excluding carboxylic acids is 1. The molecular formula is C25H24ClF2N3O4. The van der Waals surface area contributed by atoms with E-state index in [-0.39, 0.29) is 37.1 Å². The largest absolute Gasteiger partial charge is 0.464 e. The van der Waals surface area contributed by atoms with Crippen LogP contribution in [0, 0.1) is 0 Å². The number of H-pyrrole nitrogens is 1. The summed E-state index contributed by atoms with van der Waals surface area (Å²) in [5.74, 6) is 0.789. The molecule has 1 aromatic heterocycles. The summed E-state index contributed by atoms with van der Waals surface area (Å²) < 4.78 is 37.5. The van der Waals surface area contributed by atoms with E-state index in [1.54, 1.807) is 30.3 Å². The molecule has 1 saturated heterocycles. The second-order valence-electron chi connectivity index (χ2n) is 8.17. The number of nitrogens with one attached hydrogen (secondary N) is 1. The average Bonchev–Trinajstić information content (AvgIpc) is 3.29. The molecule has 0 radical (unpaired) electrons. The molecular weight excluding hydrogens is 480 g/mol. The number of aromatic nitrogens is 2. The third-order valence-corrected chi connectivity index (χ3v) is 5.99. The van der Waals surface area contributed by atoms with Gasteiger partial charge in [-0.15, -0.1) is 0 Å². The van der Waals surface area contributed by atoms with Gasteiger partial charge in [0.15, 0.2) is 0 Å². The third-order valence-electron chi connectivity index (χ3n) is 5.62. The Hall–Kier alpha value is -3.46. The van der Waals surface area contributed by atoms with E-state index >= 15 is 0 Å². The quantitative estimate of drug-likeness (QED) is 0.467. The molecule has 10 heteroatoms. The molecule has 4 rings (SSSR count). The van der Waals surface area contributed by atoms with Gasteiger partial charge in [-0.2, -0.15) is 4.98 Å². The van der Waals surface area contributed by atoms with E-state index in [1.807, 2.05) is 12.1 Å². The standard InChI is InChI=1S/C25H24ClF2N3O4/c26-22-6-5-21(11-17(22)13-27)35-20-3-1-16(2-4-20)8-10-34-25-29-14-18(24(33)30-25)12-23(32)31-9-7-19(28)15-31/h1-6,11,14,19H,7-10,12-13,15H2,(H,29,30,33)/t19-/m0/s1. The summed E-state index contributed by atoms with van der Waals surface area (Å²) in [6.07, 6.45) is 1.15. The Kier molecular flexibility index (Phi) is 7.97. The lowest BCUT2D eigenvalue weighted by atomic mass is 10.1. The van der Waals surface area contributed by atoms with Gasteiger partial charge >= 0.3 is 0 Å². The Morgan fingerprint density at radius 2 is 1.94 bits per heavy atom. The summed E-state index contributed by atoms with van der Waals surface area (Å²) in [5, 5.41) is 0.354. The van der Waals surface area contributed by atoms with E-state index in [9.17, 15) is 18.4 Å². The van der Waals surface area contributed by atoms with E-state index in [2.05, 4.69) is 9.97 Å². The van der Waals surface area contributed by atoms with Crippen LogP contribution >= 0.6 is 11.6 Å². The summed E-state index contributed by atoms with van der Waals surface area (Å²) in [6, 6.07) is 12.2. The lowest BCUT2D eigenvalue weighted by Gasteiger charge is -2.14. The predicted octanol–water partition coefficient (Wildman–Crippen LogP) is 4.42. The smallest absolute Gasteiger partial charge is 0.296 e. The molecule has 35 heavy (non-hydrogen) atoms. The highest BCUT2D eigenvalue weighted by molar-refractivity contribution is 6.31. The van der Waals surface area contributed by atoms with Gasteiger partial charge in [0.1, 0.15) is 24.3 Å². The van der Waals surface area contributed by atoms with Crippen molar-refractivity contribution in [2.45, 2.75) is 32.1 Å². The van der Waals surface area contributed by atoms with Gasteiger partial charge < -0.3 is 19.4 Å². The highest BCUT2D eigenvalue weighted by Crippen LogP contribution is 2.27. The van der Waals surface area contributed by atoms with Crippen molar-refractivity contribution < 1.29 is 23.0 Å². The number of aromatic amines is 1. The first kappa shape index (κ1) is 24.7. The summed E-state index contributed by atoms with van der Waals surface area (Å²) in [4.78, 5) is 32.5. The number of rotatable bonds is 9. The molecule has 1 atom stereocenters. The van der Waals surface area contributed by atoms with Crippen molar-refractivity contribution in [1.29, 1.82) is 0 Å². The zero-order valence-corrected chi connectivity index (χ0v) is 19.6. The van der Waals surface area contributed by atoms with Crippen LogP contribution in [0.5, 0.6) is 17.5 Å². The van der Waals surface area contributed by atoms with Gasteiger partial charge in [-0.25, -0.2) is 8.78 Å². The molecule has 1 aliphatic rings. The lowest BCUT2D eigenvalue weighted by molar-refractivity contribution is -0.129. The van der Waals surface area contributed by atoms with Gasteiger partial charge in [0.2, 0.25) is 5.91 Å². The maximum Gasteiger partial charge on any atom is 0.296 e. The zero-order chi connectivity index (χ0) is 24.8. The summed E-state index contributed by atoms with van der Waals surface area (Å²) in [6.45, 7) is 0.0278. The molecule has 0 spiro atoms. The molecule has 0 bridgehead atoms. The molecule has 2 aromatic carbocycles. The molecule has 1 fully saturated rings. The van der Waals surface area contributed by atoms with Crippen molar-refractivity contribution in [1.82, 2.24) is 14.9 Å². The highest BCUT2D eigenvalue weighted by Gasteiger charge is 2.26. The molecule has 0 aliphatic carbocycles. The number of carbonyl (C=O) groups is 1. The minimum Gasteiger partial charge on any atom is -0.464 e. The number of alkyl halides is 2. The number of amides is 1. The summed E-state index contributed by atoms with van der Waals surface area (Å²) >= 11 is 5.92. The van der Waals surface area contributed by atoms with E-state index < -0.39 is 18.4 Å². The van der Waals surface area contributed by atoms with Crippen molar-refractivity contribution in [3.05, 3.63) is 80.7 Å². The number of hydrogen-bond donors (Lipinski definition) is 1. The maximum absolute atomic E-state index is 13.3. The molecule has 0 saturated carbocycles. The van der Waals surface area contributed by atoms with E-state index in [4.69, 9.17) is 21.1 Å². The fourth-order valence-corrected chi connectivity index (χ4v) is 3.84. The Labute approximate surface area is 205 Å². The van der Waals surface area contributed by atoms with Crippen molar-refractivity contribution in [2.75, 3.05) is 19.7 Å². The Balaban J connectivity index is 1.26. The molecule has 1 aliphatic heterocycles. The third kappa shape index (κ3) is 6.57. The lowest BCUT2D eigenvalue weighted by Crippen LogP contribution is -2.32. The van der Waals surface area contributed by atoms with Crippen molar-refractivity contribution >= 4 is 17.5 Å². The van der Waals surface area contributed by atoms with Crippen LogP contribution in [0.1, 0.15) is 23.1 Å². The zero-order valence-electron chi connectivity index (χ0n) is 18.8. The fraction of sp³-hybridized carbons (Fsp3) is 0.320. The minimum atomic E-state index is -1.01. The number of likely N-dealkylation sites (tertiary alicyclic amines) is 1. The van der Waals surface area contributed by atoms with Crippen LogP contribution in [0.2, 0.25) is 5.02 Å². The van der Waals surface area contributed by atoms with Crippen molar-refractivity contribution in [3.8, 4) is 17.5 Å². The second-order valence-corrected chi connectivity index (χ2v) is 8.58. The SMILES string of the molecule is O=C(Cc1c[nH]c(OCCc2ccc(Oc3ccc(Cl)c(CF)c3)cc2)nc1=O)N1CC[C@H](F)C1. The molecule has 1 amide bonds. The van der Waals surface area contributed by atoms with Gasteiger partial charge in [-0.1, -0.05) is 23.7 Å². The monoisotopic (exact) mass is 503 g/mol. The Morgan fingerprint density at radius 3 is 2.63 bits per heavy atom. The average molecular weight is 504 g/mol. The van der Waals surface area contributed by atoms with Gasteiger partial charge in [0.25, 0.3) is 11.6 Å². The van der Waals surface area contributed by atoms with Crippen LogP contribution in [0.4, 0.5) is 8.78 Å². The molecule has 1 N–H and O–H groups in total. The Bertz CT molecular complexity index is 1240. The van der Waals surface area contributed by atoms with E-state index in [0.717, 1.165) is 5.56 Å². The first-order valence-corrected chi connectivity index (χ1v) is 11.5. The molecule has 184 valence electrons. The van der Waals surface area contributed by atoms with Crippen LogP contribution in [0.3, 0.4) is 0 Å². The van der Waals surface area contributed by atoms with Gasteiger partial charge in [0, 0.05) is 35.3 Å². The molecule has 3 aromatic rings. The summed E-state index contributed by atoms with van der Waals surface area (Å²) in [5.41, 5.74) is 0.993. The van der Waals surface area contributed by atoms with Gasteiger partial charge in [-0.05, 0) is 42.3 Å². The topological polar surface area (TPSA) is 84.5 Å². The maximum atomic E-state index is 13.3. The normalized spacial score (nSPS) is 15.3. The van der Waals surface area contributed by atoms with E-state index in [0.29, 0.717) is 41.5 Å². The molecule has 7 nitrogen and oxygen atoms in total. The van der Waals surface area contributed by atoms with Crippen molar-refractivity contribution in [2.24, 2.45) is 0 Å². The number of halogens is 3.